The molecule has 0 aliphatic rings. The number of furan rings is 1. The zero-order chi connectivity index (χ0) is 9.26. The molecule has 2 aromatic heterocycles. The maximum absolute atomic E-state index is 9.80. The molecule has 0 amide bonds. The highest BCUT2D eigenvalue weighted by Gasteiger charge is 2.17. The maximum atomic E-state index is 9.80. The number of aromatic nitrogens is 1. The molecule has 3 nitrogen and oxygen atoms in total. The van der Waals surface area contributed by atoms with Crippen LogP contribution in [0.1, 0.15) is 17.6 Å². The standard InChI is InChI=1S/C9H8BrNO2/c10-6-3-5-13-9(6)8(12)7-2-1-4-11-7/h1-5,8,11-12H. The zero-order valence-corrected chi connectivity index (χ0v) is 8.28. The van der Waals surface area contributed by atoms with Crippen molar-refractivity contribution in [3.05, 3.63) is 46.6 Å². The highest BCUT2D eigenvalue weighted by atomic mass is 79.9. The van der Waals surface area contributed by atoms with Crippen molar-refractivity contribution in [2.75, 3.05) is 0 Å². The molecule has 2 rings (SSSR count). The van der Waals surface area contributed by atoms with E-state index < -0.39 is 6.10 Å². The van der Waals surface area contributed by atoms with Crippen LogP contribution in [0.5, 0.6) is 0 Å². The molecule has 2 heterocycles. The molecule has 0 aromatic carbocycles. The van der Waals surface area contributed by atoms with Crippen LogP contribution in [0.25, 0.3) is 0 Å². The summed E-state index contributed by atoms with van der Waals surface area (Å²) in [4.78, 5) is 2.92. The first-order chi connectivity index (χ1) is 6.29. The van der Waals surface area contributed by atoms with Gasteiger partial charge in [-0.1, -0.05) is 0 Å². The summed E-state index contributed by atoms with van der Waals surface area (Å²) in [7, 11) is 0. The summed E-state index contributed by atoms with van der Waals surface area (Å²) in [6.07, 6.45) is 2.56. The molecule has 0 aliphatic heterocycles. The second kappa shape index (κ2) is 3.40. The van der Waals surface area contributed by atoms with Crippen LogP contribution < -0.4 is 0 Å². The summed E-state index contributed by atoms with van der Waals surface area (Å²) in [5, 5.41) is 9.80. The third-order valence-electron chi connectivity index (χ3n) is 1.81. The van der Waals surface area contributed by atoms with Crippen molar-refractivity contribution < 1.29 is 9.52 Å². The Hall–Kier alpha value is -1.00. The third kappa shape index (κ3) is 1.55. The van der Waals surface area contributed by atoms with Crippen molar-refractivity contribution in [2.45, 2.75) is 6.10 Å². The van der Waals surface area contributed by atoms with Gasteiger partial charge in [-0.3, -0.25) is 0 Å². The van der Waals surface area contributed by atoms with E-state index in [4.69, 9.17) is 4.42 Å². The van der Waals surface area contributed by atoms with E-state index in [2.05, 4.69) is 20.9 Å². The third-order valence-corrected chi connectivity index (χ3v) is 2.46. The second-order valence-electron chi connectivity index (χ2n) is 2.66. The Morgan fingerprint density at radius 2 is 2.31 bits per heavy atom. The van der Waals surface area contributed by atoms with E-state index in [0.29, 0.717) is 5.76 Å². The Morgan fingerprint density at radius 1 is 1.46 bits per heavy atom. The number of rotatable bonds is 2. The van der Waals surface area contributed by atoms with Crippen molar-refractivity contribution in [3.63, 3.8) is 0 Å². The van der Waals surface area contributed by atoms with Gasteiger partial charge in [0.2, 0.25) is 0 Å². The van der Waals surface area contributed by atoms with Gasteiger partial charge in [-0.25, -0.2) is 0 Å². The first kappa shape index (κ1) is 8.59. The molecule has 0 saturated heterocycles. The first-order valence-corrected chi connectivity index (χ1v) is 4.62. The van der Waals surface area contributed by atoms with Crippen LogP contribution in [-0.4, -0.2) is 10.1 Å². The van der Waals surface area contributed by atoms with E-state index in [9.17, 15) is 5.11 Å². The Kier molecular flexibility index (Phi) is 2.24. The Labute approximate surface area is 83.5 Å². The van der Waals surface area contributed by atoms with Gasteiger partial charge in [0.05, 0.1) is 16.4 Å². The number of H-pyrrole nitrogens is 1. The van der Waals surface area contributed by atoms with Gasteiger partial charge >= 0.3 is 0 Å². The number of aromatic amines is 1. The highest BCUT2D eigenvalue weighted by molar-refractivity contribution is 9.10. The average Bonchev–Trinajstić information content (AvgIpc) is 2.72. The minimum atomic E-state index is -0.737. The summed E-state index contributed by atoms with van der Waals surface area (Å²) >= 11 is 3.28. The second-order valence-corrected chi connectivity index (χ2v) is 3.52. The van der Waals surface area contributed by atoms with Gasteiger partial charge in [0.25, 0.3) is 0 Å². The SMILES string of the molecule is OC(c1ccc[nH]1)c1occc1Br. The fraction of sp³-hybridized carbons (Fsp3) is 0.111. The van der Waals surface area contributed by atoms with Crippen LogP contribution in [0.2, 0.25) is 0 Å². The number of halogens is 1. The minimum Gasteiger partial charge on any atom is -0.465 e. The number of aliphatic hydroxyl groups is 1. The molecule has 1 atom stereocenters. The predicted molar refractivity (Wildman–Crippen MR) is 51.3 cm³/mol. The molecule has 68 valence electrons. The lowest BCUT2D eigenvalue weighted by Gasteiger charge is -2.05. The molecule has 0 spiro atoms. The fourth-order valence-electron chi connectivity index (χ4n) is 1.16. The van der Waals surface area contributed by atoms with Crippen molar-refractivity contribution in [2.24, 2.45) is 0 Å². The average molecular weight is 242 g/mol. The molecule has 0 saturated carbocycles. The quantitative estimate of drug-likeness (QED) is 0.849. The molecule has 2 N–H and O–H groups in total. The Balaban J connectivity index is 2.33. The van der Waals surface area contributed by atoms with Crippen LogP contribution in [0.15, 0.2) is 39.5 Å². The summed E-state index contributed by atoms with van der Waals surface area (Å²) < 4.78 is 5.91. The van der Waals surface area contributed by atoms with E-state index in [1.165, 1.54) is 6.26 Å². The molecule has 0 bridgehead atoms. The molecular weight excluding hydrogens is 234 g/mol. The van der Waals surface area contributed by atoms with E-state index in [1.54, 1.807) is 18.3 Å². The zero-order valence-electron chi connectivity index (χ0n) is 6.70. The number of hydrogen-bond acceptors (Lipinski definition) is 2. The van der Waals surface area contributed by atoms with E-state index >= 15 is 0 Å². The predicted octanol–water partition coefficient (Wildman–Crippen LogP) is 2.45. The Bertz CT molecular complexity index is 380. The molecule has 0 radical (unpaired) electrons. The maximum Gasteiger partial charge on any atom is 0.152 e. The minimum absolute atomic E-state index is 0.516. The Morgan fingerprint density at radius 3 is 2.85 bits per heavy atom. The van der Waals surface area contributed by atoms with Gasteiger partial charge in [0, 0.05) is 6.20 Å². The van der Waals surface area contributed by atoms with Crippen molar-refractivity contribution >= 4 is 15.9 Å². The van der Waals surface area contributed by atoms with Crippen LogP contribution in [0, 0.1) is 0 Å². The molecule has 1 unspecified atom stereocenters. The van der Waals surface area contributed by atoms with Gasteiger partial charge in [0.1, 0.15) is 0 Å². The van der Waals surface area contributed by atoms with Crippen LogP contribution in [0.3, 0.4) is 0 Å². The number of nitrogens with one attached hydrogen (secondary N) is 1. The van der Waals surface area contributed by atoms with E-state index in [1.807, 2.05) is 6.07 Å². The first-order valence-electron chi connectivity index (χ1n) is 3.83. The fourth-order valence-corrected chi connectivity index (χ4v) is 1.57. The molecule has 4 heteroatoms. The monoisotopic (exact) mass is 241 g/mol. The molecule has 0 fully saturated rings. The van der Waals surface area contributed by atoms with Gasteiger partial charge in [0.15, 0.2) is 11.9 Å². The largest absolute Gasteiger partial charge is 0.465 e. The lowest BCUT2D eigenvalue weighted by molar-refractivity contribution is 0.184. The van der Waals surface area contributed by atoms with Gasteiger partial charge in [-0.05, 0) is 34.1 Å². The number of hydrogen-bond donors (Lipinski definition) is 2. The summed E-state index contributed by atoms with van der Waals surface area (Å²) in [6.45, 7) is 0. The number of aliphatic hydroxyl groups excluding tert-OH is 1. The molecule has 0 aliphatic carbocycles. The van der Waals surface area contributed by atoms with Crippen LogP contribution in [0.4, 0.5) is 0 Å². The van der Waals surface area contributed by atoms with Gasteiger partial charge < -0.3 is 14.5 Å². The van der Waals surface area contributed by atoms with Crippen LogP contribution in [-0.2, 0) is 0 Å². The van der Waals surface area contributed by atoms with Crippen LogP contribution >= 0.6 is 15.9 Å². The lowest BCUT2D eigenvalue weighted by Crippen LogP contribution is -1.98. The van der Waals surface area contributed by atoms with E-state index in [0.717, 1.165) is 10.2 Å². The van der Waals surface area contributed by atoms with E-state index in [-0.39, 0.29) is 0 Å². The smallest absolute Gasteiger partial charge is 0.152 e. The summed E-state index contributed by atoms with van der Waals surface area (Å²) in [5.74, 6) is 0.516. The van der Waals surface area contributed by atoms with Gasteiger partial charge in [-0.15, -0.1) is 0 Å². The van der Waals surface area contributed by atoms with Crippen molar-refractivity contribution in [3.8, 4) is 0 Å². The highest BCUT2D eigenvalue weighted by Crippen LogP contribution is 2.28. The molecule has 2 aromatic rings. The topological polar surface area (TPSA) is 49.2 Å². The molecular formula is C9H8BrNO2. The van der Waals surface area contributed by atoms with Gasteiger partial charge in [-0.2, -0.15) is 0 Å². The molecule has 13 heavy (non-hydrogen) atoms. The summed E-state index contributed by atoms with van der Waals surface area (Å²) in [5.41, 5.74) is 0.718. The van der Waals surface area contributed by atoms with Crippen molar-refractivity contribution in [1.29, 1.82) is 0 Å². The van der Waals surface area contributed by atoms with Crippen molar-refractivity contribution in [1.82, 2.24) is 4.98 Å². The normalized spacial score (nSPS) is 13.1. The lowest BCUT2D eigenvalue weighted by atomic mass is 10.2. The summed E-state index contributed by atoms with van der Waals surface area (Å²) in [6, 6.07) is 5.39.